The Morgan fingerprint density at radius 3 is 2.65 bits per heavy atom. The third-order valence-corrected chi connectivity index (χ3v) is 5.44. The molecular weight excluding hydrogens is 398 g/mol. The quantitative estimate of drug-likeness (QED) is 0.593. The lowest BCUT2D eigenvalue weighted by Gasteiger charge is -2.30. The molecule has 2 amide bonds. The molecule has 1 unspecified atom stereocenters. The number of hydrogen-bond acceptors (Lipinski definition) is 6. The molecule has 0 radical (unpaired) electrons. The zero-order valence-electron chi connectivity index (χ0n) is 18.7. The van der Waals surface area contributed by atoms with E-state index in [9.17, 15) is 19.2 Å². The summed E-state index contributed by atoms with van der Waals surface area (Å²) >= 11 is 0. The Balaban J connectivity index is 1.93. The molecule has 8 nitrogen and oxygen atoms in total. The number of fused-ring (bicyclic) bond motifs is 1. The van der Waals surface area contributed by atoms with Gasteiger partial charge in [-0.2, -0.15) is 0 Å². The molecule has 31 heavy (non-hydrogen) atoms. The summed E-state index contributed by atoms with van der Waals surface area (Å²) in [4.78, 5) is 54.3. The van der Waals surface area contributed by atoms with Gasteiger partial charge in [0.2, 0.25) is 5.91 Å². The Morgan fingerprint density at radius 1 is 1.26 bits per heavy atom. The summed E-state index contributed by atoms with van der Waals surface area (Å²) in [5, 5.41) is 2.76. The van der Waals surface area contributed by atoms with Crippen LogP contribution in [-0.2, 0) is 31.1 Å². The van der Waals surface area contributed by atoms with E-state index in [1.54, 1.807) is 32.0 Å². The number of aryl methyl sites for hydroxylation is 2. The minimum Gasteiger partial charge on any atom is -0.460 e. The van der Waals surface area contributed by atoms with Crippen LogP contribution in [0.2, 0.25) is 0 Å². The summed E-state index contributed by atoms with van der Waals surface area (Å²) in [5.41, 5.74) is -0.673. The number of nitrogens with one attached hydrogen (secondary N) is 1. The summed E-state index contributed by atoms with van der Waals surface area (Å²) < 4.78 is 6.73. The van der Waals surface area contributed by atoms with Gasteiger partial charge in [-0.3, -0.25) is 29.1 Å². The molecule has 1 saturated heterocycles. The number of esters is 1. The number of hydrogen-bond donors (Lipinski definition) is 1. The monoisotopic (exact) mass is 427 g/mol. The third-order valence-electron chi connectivity index (χ3n) is 5.44. The molecule has 0 aliphatic carbocycles. The van der Waals surface area contributed by atoms with E-state index in [1.807, 2.05) is 20.8 Å². The number of imide groups is 1. The van der Waals surface area contributed by atoms with Crippen LogP contribution in [0.25, 0.3) is 10.9 Å². The molecule has 0 saturated carbocycles. The maximum atomic E-state index is 13.3. The molecule has 1 aliphatic rings. The largest absolute Gasteiger partial charge is 0.460 e. The fourth-order valence-corrected chi connectivity index (χ4v) is 3.96. The van der Waals surface area contributed by atoms with Crippen LogP contribution in [0.3, 0.4) is 0 Å². The normalized spacial score (nSPS) is 19.8. The number of aromatic nitrogens is 2. The predicted molar refractivity (Wildman–Crippen MR) is 116 cm³/mol. The first kappa shape index (κ1) is 22.7. The minimum absolute atomic E-state index is 0.227. The van der Waals surface area contributed by atoms with Gasteiger partial charge in [-0.1, -0.05) is 6.07 Å². The number of carbonyl (C=O) groups is 3. The smallest absolute Gasteiger partial charge is 0.306 e. The van der Waals surface area contributed by atoms with E-state index in [2.05, 4.69) is 10.3 Å². The van der Waals surface area contributed by atoms with Gasteiger partial charge in [0.15, 0.2) is 0 Å². The van der Waals surface area contributed by atoms with E-state index in [0.29, 0.717) is 36.0 Å². The van der Waals surface area contributed by atoms with Crippen molar-refractivity contribution in [2.45, 2.75) is 77.9 Å². The standard InChI is InChI=1S/C23H29N3O5/c1-14-24-17-13-15(9-11-19(28)31-22(2,3)4)8-10-16(17)20(29)26(14)23(5)12-6-7-18(27)25-21(23)30/h8,10,13H,6-7,9,11-12H2,1-5H3,(H,25,27,30). The Labute approximate surface area is 181 Å². The van der Waals surface area contributed by atoms with Crippen molar-refractivity contribution < 1.29 is 19.1 Å². The average molecular weight is 428 g/mol. The Bertz CT molecular complexity index is 1110. The second-order valence-corrected chi connectivity index (χ2v) is 9.24. The minimum atomic E-state index is -1.19. The van der Waals surface area contributed by atoms with E-state index >= 15 is 0 Å². The number of carbonyl (C=O) groups excluding carboxylic acids is 3. The molecule has 1 N–H and O–H groups in total. The molecule has 1 fully saturated rings. The number of benzene rings is 1. The van der Waals surface area contributed by atoms with Crippen molar-refractivity contribution in [3.8, 4) is 0 Å². The fraction of sp³-hybridized carbons (Fsp3) is 0.522. The second-order valence-electron chi connectivity index (χ2n) is 9.24. The molecule has 1 aromatic heterocycles. The molecule has 166 valence electrons. The lowest BCUT2D eigenvalue weighted by molar-refractivity contribution is -0.154. The molecule has 1 aromatic carbocycles. The lowest BCUT2D eigenvalue weighted by Crippen LogP contribution is -2.51. The van der Waals surface area contributed by atoms with E-state index < -0.39 is 17.0 Å². The Morgan fingerprint density at radius 2 is 1.97 bits per heavy atom. The first-order chi connectivity index (χ1) is 14.4. The molecule has 3 rings (SSSR count). The number of rotatable bonds is 4. The van der Waals surface area contributed by atoms with Gasteiger partial charge in [0, 0.05) is 12.8 Å². The van der Waals surface area contributed by atoms with E-state index in [0.717, 1.165) is 5.56 Å². The topological polar surface area (TPSA) is 107 Å². The SMILES string of the molecule is Cc1nc2cc(CCC(=O)OC(C)(C)C)ccc2c(=O)n1C1(C)CCCC(=O)NC1=O. The van der Waals surface area contributed by atoms with Gasteiger partial charge >= 0.3 is 5.97 Å². The maximum Gasteiger partial charge on any atom is 0.306 e. The summed E-state index contributed by atoms with van der Waals surface area (Å²) in [5.74, 6) is -0.707. The molecule has 0 spiro atoms. The predicted octanol–water partition coefficient (Wildman–Crippen LogP) is 2.52. The molecule has 8 heteroatoms. The van der Waals surface area contributed by atoms with Crippen LogP contribution in [0.4, 0.5) is 0 Å². The zero-order chi connectivity index (χ0) is 23.0. The molecule has 0 bridgehead atoms. The molecule has 2 heterocycles. The molecule has 1 aliphatic heterocycles. The summed E-state index contributed by atoms with van der Waals surface area (Å²) in [6, 6.07) is 5.25. The number of nitrogens with zero attached hydrogens (tertiary/aromatic N) is 2. The summed E-state index contributed by atoms with van der Waals surface area (Å²) in [6.07, 6.45) is 1.81. The van der Waals surface area contributed by atoms with Crippen LogP contribution >= 0.6 is 0 Å². The Kier molecular flexibility index (Phi) is 6.02. The Hall–Kier alpha value is -3.03. The summed E-state index contributed by atoms with van der Waals surface area (Å²) in [6.45, 7) is 8.81. The first-order valence-electron chi connectivity index (χ1n) is 10.5. The van der Waals surface area contributed by atoms with Crippen molar-refractivity contribution >= 4 is 28.7 Å². The van der Waals surface area contributed by atoms with Crippen LogP contribution < -0.4 is 10.9 Å². The van der Waals surface area contributed by atoms with Crippen LogP contribution in [0.5, 0.6) is 0 Å². The maximum absolute atomic E-state index is 13.3. The van der Waals surface area contributed by atoms with Crippen LogP contribution in [0.15, 0.2) is 23.0 Å². The van der Waals surface area contributed by atoms with Crippen molar-refractivity contribution in [2.75, 3.05) is 0 Å². The van der Waals surface area contributed by atoms with Crippen molar-refractivity contribution in [1.82, 2.24) is 14.9 Å². The van der Waals surface area contributed by atoms with Crippen molar-refractivity contribution in [1.29, 1.82) is 0 Å². The van der Waals surface area contributed by atoms with Gasteiger partial charge in [0.1, 0.15) is 17.0 Å². The van der Waals surface area contributed by atoms with Crippen LogP contribution in [0.1, 0.15) is 64.8 Å². The highest BCUT2D eigenvalue weighted by Crippen LogP contribution is 2.27. The highest BCUT2D eigenvalue weighted by molar-refractivity contribution is 5.99. The highest BCUT2D eigenvalue weighted by Gasteiger charge is 2.40. The number of amides is 2. The fourth-order valence-electron chi connectivity index (χ4n) is 3.96. The van der Waals surface area contributed by atoms with Crippen molar-refractivity contribution in [3.63, 3.8) is 0 Å². The molecule has 2 aromatic rings. The van der Waals surface area contributed by atoms with E-state index in [4.69, 9.17) is 4.74 Å². The zero-order valence-corrected chi connectivity index (χ0v) is 18.7. The number of ether oxygens (including phenoxy) is 1. The van der Waals surface area contributed by atoms with Crippen LogP contribution in [0, 0.1) is 6.92 Å². The lowest BCUT2D eigenvalue weighted by atomic mass is 9.94. The summed E-state index contributed by atoms with van der Waals surface area (Å²) in [7, 11) is 0. The first-order valence-corrected chi connectivity index (χ1v) is 10.5. The van der Waals surface area contributed by atoms with Gasteiger partial charge in [0.05, 0.1) is 10.9 Å². The third kappa shape index (κ3) is 4.84. The van der Waals surface area contributed by atoms with E-state index in [1.165, 1.54) is 4.57 Å². The molecular formula is C23H29N3O5. The van der Waals surface area contributed by atoms with Gasteiger partial charge < -0.3 is 4.74 Å². The van der Waals surface area contributed by atoms with Crippen LogP contribution in [-0.4, -0.2) is 32.9 Å². The van der Waals surface area contributed by atoms with Gasteiger partial charge in [0.25, 0.3) is 11.5 Å². The highest BCUT2D eigenvalue weighted by atomic mass is 16.6. The average Bonchev–Trinajstić information content (AvgIpc) is 2.76. The van der Waals surface area contributed by atoms with Gasteiger partial charge in [-0.15, -0.1) is 0 Å². The van der Waals surface area contributed by atoms with Crippen molar-refractivity contribution in [2.24, 2.45) is 0 Å². The van der Waals surface area contributed by atoms with Gasteiger partial charge in [-0.05, 0) is 71.6 Å². The van der Waals surface area contributed by atoms with Crippen molar-refractivity contribution in [3.05, 3.63) is 39.9 Å². The van der Waals surface area contributed by atoms with E-state index in [-0.39, 0.29) is 30.3 Å². The van der Waals surface area contributed by atoms with Gasteiger partial charge in [-0.25, -0.2) is 4.98 Å². The second kappa shape index (κ2) is 8.24. The molecule has 1 atom stereocenters.